The molecule has 254 valence electrons. The first-order valence-corrected chi connectivity index (χ1v) is 20.0. The van der Waals surface area contributed by atoms with Gasteiger partial charge in [0, 0.05) is 0 Å². The van der Waals surface area contributed by atoms with Gasteiger partial charge >= 0.3 is 245 Å². The van der Waals surface area contributed by atoms with E-state index in [1.54, 1.807) is 0 Å². The molecule has 2 aliphatic heterocycles. The molecule has 4 aromatic rings. The zero-order valence-electron chi connectivity index (χ0n) is 30.5. The van der Waals surface area contributed by atoms with E-state index >= 15 is 0 Å². The molecule has 1 fully saturated rings. The molecule has 4 aromatic carbocycles. The predicted molar refractivity (Wildman–Crippen MR) is 215 cm³/mol. The Morgan fingerprint density at radius 3 is 1.54 bits per heavy atom. The number of likely N-dealkylation sites (N-methyl/N-ethyl adjacent to an activating group) is 2. The summed E-state index contributed by atoms with van der Waals surface area (Å²) in [5, 5.41) is 0. The first kappa shape index (κ1) is 34.1. The molecule has 3 aliphatic rings. The molecular formula is C46H50N3Se+. The minimum Gasteiger partial charge on any atom is -0.0618 e. The Kier molecular flexibility index (Phi) is 9.61. The van der Waals surface area contributed by atoms with Crippen LogP contribution in [-0.4, -0.2) is 33.8 Å². The first-order chi connectivity index (χ1) is 24.2. The van der Waals surface area contributed by atoms with Crippen LogP contribution >= 0.6 is 0 Å². The van der Waals surface area contributed by atoms with E-state index in [-0.39, 0.29) is 10.8 Å². The third kappa shape index (κ3) is 6.36. The normalized spacial score (nSPS) is 21.8. The van der Waals surface area contributed by atoms with Crippen molar-refractivity contribution in [2.75, 3.05) is 22.9 Å². The minimum atomic E-state index is -0.0575. The van der Waals surface area contributed by atoms with E-state index in [0.29, 0.717) is 15.0 Å². The average molecular weight is 724 g/mol. The van der Waals surface area contributed by atoms with Crippen molar-refractivity contribution < 1.29 is 4.99 Å². The quantitative estimate of drug-likeness (QED) is 0.196. The van der Waals surface area contributed by atoms with Crippen molar-refractivity contribution in [3.8, 4) is 0 Å². The van der Waals surface area contributed by atoms with Gasteiger partial charge in [0.05, 0.1) is 0 Å². The number of benzene rings is 4. The molecule has 0 radical (unpaired) electrons. The molecule has 3 nitrogen and oxygen atoms in total. The number of anilines is 2. The summed E-state index contributed by atoms with van der Waals surface area (Å²) in [5.41, 5.74) is 13.2. The van der Waals surface area contributed by atoms with E-state index in [2.05, 4.69) is 184 Å². The summed E-state index contributed by atoms with van der Waals surface area (Å²) < 4.78 is 2.78. The average Bonchev–Trinajstić information content (AvgIpc) is 3.49. The van der Waals surface area contributed by atoms with E-state index in [0.717, 1.165) is 38.0 Å². The van der Waals surface area contributed by atoms with Crippen LogP contribution in [0.3, 0.4) is 0 Å². The summed E-state index contributed by atoms with van der Waals surface area (Å²) in [7, 11) is 0. The minimum absolute atomic E-state index is 0.0575. The van der Waals surface area contributed by atoms with Crippen molar-refractivity contribution in [3.63, 3.8) is 0 Å². The fourth-order valence-corrected chi connectivity index (χ4v) is 9.87. The van der Waals surface area contributed by atoms with Crippen LogP contribution in [0.2, 0.25) is 0 Å². The van der Waals surface area contributed by atoms with Crippen molar-refractivity contribution in [2.45, 2.75) is 71.6 Å². The second kappa shape index (κ2) is 14.1. The van der Waals surface area contributed by atoms with Gasteiger partial charge in [0.15, 0.2) is 0 Å². The molecule has 50 heavy (non-hydrogen) atoms. The van der Waals surface area contributed by atoms with Crippen LogP contribution in [0.15, 0.2) is 150 Å². The Morgan fingerprint density at radius 1 is 0.580 bits per heavy atom. The van der Waals surface area contributed by atoms with Crippen molar-refractivity contribution >= 4 is 46.7 Å². The fourth-order valence-electron chi connectivity index (χ4n) is 8.12. The van der Waals surface area contributed by atoms with Gasteiger partial charge in [-0.25, -0.2) is 0 Å². The molecule has 0 aromatic heterocycles. The molecule has 0 saturated heterocycles. The van der Waals surface area contributed by atoms with Gasteiger partial charge in [-0.3, -0.25) is 0 Å². The Bertz CT molecular complexity index is 1920. The van der Waals surface area contributed by atoms with E-state index in [9.17, 15) is 0 Å². The SMILES string of the molecule is CCN1C(=CC=C2CCC/C(=C\C=C3\N(CC)c4ccccc4C3(C)C)C2=[NH+]c2ccc([Se]c3ccccc3)cc2)C(C)(C)c2ccccc21. The van der Waals surface area contributed by atoms with E-state index in [1.807, 2.05) is 0 Å². The Hall–Kier alpha value is -4.37. The van der Waals surface area contributed by atoms with Gasteiger partial charge in [0.25, 0.3) is 0 Å². The van der Waals surface area contributed by atoms with Crippen molar-refractivity contribution in [1.29, 1.82) is 0 Å². The third-order valence-electron chi connectivity index (χ3n) is 10.8. The second-order valence-corrected chi connectivity index (χ2v) is 17.0. The summed E-state index contributed by atoms with van der Waals surface area (Å²) in [4.78, 5) is 8.94. The second-order valence-electron chi connectivity index (χ2n) is 14.6. The number of hydrogen-bond donors (Lipinski definition) is 1. The van der Waals surface area contributed by atoms with Gasteiger partial charge in [0.1, 0.15) is 0 Å². The predicted octanol–water partition coefficient (Wildman–Crippen LogP) is 7.93. The molecular weight excluding hydrogens is 673 g/mol. The summed E-state index contributed by atoms with van der Waals surface area (Å²) in [6.45, 7) is 15.9. The van der Waals surface area contributed by atoms with Gasteiger partial charge in [-0.05, 0) is 26.0 Å². The summed E-state index contributed by atoms with van der Waals surface area (Å²) in [5.74, 6) is 0. The Balaban J connectivity index is 1.29. The molecule has 0 unspecified atom stereocenters. The van der Waals surface area contributed by atoms with Crippen LogP contribution in [0.5, 0.6) is 0 Å². The number of nitrogens with zero attached hydrogens (tertiary/aromatic N) is 2. The van der Waals surface area contributed by atoms with Crippen LogP contribution in [0.4, 0.5) is 17.1 Å². The van der Waals surface area contributed by atoms with Gasteiger partial charge in [-0.1, -0.05) is 36.4 Å². The zero-order chi connectivity index (χ0) is 34.9. The van der Waals surface area contributed by atoms with Crippen LogP contribution in [0.25, 0.3) is 0 Å². The molecule has 1 aliphatic carbocycles. The Labute approximate surface area is 306 Å². The number of allylic oxidation sites excluding steroid dienone is 8. The number of hydrogen-bond acceptors (Lipinski definition) is 2. The van der Waals surface area contributed by atoms with Crippen molar-refractivity contribution in [1.82, 2.24) is 0 Å². The first-order valence-electron chi connectivity index (χ1n) is 18.3. The molecule has 0 atom stereocenters. The van der Waals surface area contributed by atoms with E-state index in [4.69, 9.17) is 0 Å². The summed E-state index contributed by atoms with van der Waals surface area (Å²) in [6, 6.07) is 37.8. The topological polar surface area (TPSA) is 20.5 Å². The summed E-state index contributed by atoms with van der Waals surface area (Å²) >= 11 is 0.292. The van der Waals surface area contributed by atoms with Crippen LogP contribution in [0, 0.1) is 0 Å². The summed E-state index contributed by atoms with van der Waals surface area (Å²) in [6.07, 6.45) is 12.9. The van der Waals surface area contributed by atoms with Gasteiger partial charge in [0.2, 0.25) is 0 Å². The Morgan fingerprint density at radius 2 is 1.04 bits per heavy atom. The molecule has 0 amide bonds. The molecule has 2 heterocycles. The fraction of sp³-hybridized carbons (Fsp3) is 0.283. The van der Waals surface area contributed by atoms with E-state index in [1.165, 1.54) is 59.7 Å². The van der Waals surface area contributed by atoms with Crippen molar-refractivity contribution in [2.24, 2.45) is 0 Å². The van der Waals surface area contributed by atoms with Crippen LogP contribution < -0.4 is 23.7 Å². The molecule has 1 saturated carbocycles. The van der Waals surface area contributed by atoms with Gasteiger partial charge < -0.3 is 0 Å². The monoisotopic (exact) mass is 724 g/mol. The number of rotatable bonds is 7. The maximum absolute atomic E-state index is 3.95. The number of para-hydroxylation sites is 2. The zero-order valence-corrected chi connectivity index (χ0v) is 32.2. The number of fused-ring (bicyclic) bond motifs is 2. The smallest absolute Gasteiger partial charge is 0.0618 e. The molecule has 4 heteroatoms. The standard InChI is InChI=1S/C46H49N3Se/c1-7-48-40-23-14-12-21-38(40)45(3,4)42(48)31-25-33-17-16-18-34(26-32-43-46(5,6)39-22-13-15-24-41(39)49(43)8-2)44(33)47-35-27-29-37(30-28-35)50-36-19-10-9-11-20-36/h9-15,19-32H,7-8,16-18H2,1-6H3/p+1/b33-25+,34-26?,42-31+,43-32?,47-44?. The van der Waals surface area contributed by atoms with Crippen LogP contribution in [-0.2, 0) is 10.8 Å². The van der Waals surface area contributed by atoms with E-state index < -0.39 is 0 Å². The van der Waals surface area contributed by atoms with Gasteiger partial charge in [-0.15, -0.1) is 0 Å². The van der Waals surface area contributed by atoms with Crippen molar-refractivity contribution in [3.05, 3.63) is 161 Å². The third-order valence-corrected chi connectivity index (χ3v) is 12.9. The van der Waals surface area contributed by atoms with Crippen LogP contribution in [0.1, 0.15) is 71.9 Å². The van der Waals surface area contributed by atoms with Gasteiger partial charge in [-0.2, -0.15) is 0 Å². The molecule has 0 bridgehead atoms. The molecule has 1 N–H and O–H groups in total. The maximum atomic E-state index is 3.95. The molecule has 0 spiro atoms. The number of nitrogens with one attached hydrogen (secondary N) is 1. The molecule has 7 rings (SSSR count).